The number of ether oxygens (including phenoxy) is 2. The van der Waals surface area contributed by atoms with Crippen molar-refractivity contribution in [2.24, 2.45) is 5.92 Å². The van der Waals surface area contributed by atoms with Crippen LogP contribution in [-0.2, 0) is 15.1 Å². The van der Waals surface area contributed by atoms with Crippen molar-refractivity contribution in [1.29, 1.82) is 0 Å². The van der Waals surface area contributed by atoms with Crippen molar-refractivity contribution < 1.29 is 9.47 Å². The molecule has 0 aliphatic carbocycles. The first-order valence-electron chi connectivity index (χ1n) is 6.41. The lowest BCUT2D eigenvalue weighted by Crippen LogP contribution is -2.29. The summed E-state index contributed by atoms with van der Waals surface area (Å²) in [5.41, 5.74) is 1.01. The summed E-state index contributed by atoms with van der Waals surface area (Å²) in [4.78, 5) is 0. The molecule has 0 aromatic heterocycles. The Hall–Kier alpha value is -0.130. The van der Waals surface area contributed by atoms with E-state index >= 15 is 0 Å². The SMILES string of the molecule is CC(C)COCCOC(C)(CI)c1ccccc1. The van der Waals surface area contributed by atoms with Crippen molar-refractivity contribution in [3.63, 3.8) is 0 Å². The summed E-state index contributed by atoms with van der Waals surface area (Å²) < 4.78 is 12.5. The fraction of sp³-hybridized carbons (Fsp3) is 0.600. The summed E-state index contributed by atoms with van der Waals surface area (Å²) in [5, 5.41) is 0. The van der Waals surface area contributed by atoms with Crippen molar-refractivity contribution in [2.75, 3.05) is 24.2 Å². The second kappa shape index (κ2) is 8.12. The number of halogens is 1. The van der Waals surface area contributed by atoms with E-state index in [4.69, 9.17) is 9.47 Å². The van der Waals surface area contributed by atoms with Gasteiger partial charge in [0.1, 0.15) is 0 Å². The third-order valence-corrected chi connectivity index (χ3v) is 4.19. The van der Waals surface area contributed by atoms with Crippen LogP contribution in [0.5, 0.6) is 0 Å². The van der Waals surface area contributed by atoms with Gasteiger partial charge in [0.05, 0.1) is 18.8 Å². The lowest BCUT2D eigenvalue weighted by Gasteiger charge is -2.28. The molecule has 0 N–H and O–H groups in total. The summed E-state index contributed by atoms with van der Waals surface area (Å²) in [7, 11) is 0. The molecular weight excluding hydrogens is 339 g/mol. The molecule has 0 heterocycles. The molecule has 0 aliphatic heterocycles. The van der Waals surface area contributed by atoms with Crippen LogP contribution in [0.3, 0.4) is 0 Å². The van der Waals surface area contributed by atoms with Gasteiger partial charge in [-0.1, -0.05) is 66.8 Å². The molecule has 1 atom stereocenters. The van der Waals surface area contributed by atoms with Crippen LogP contribution in [0.2, 0.25) is 0 Å². The second-order valence-corrected chi connectivity index (χ2v) is 5.81. The zero-order chi connectivity index (χ0) is 13.4. The monoisotopic (exact) mass is 362 g/mol. The van der Waals surface area contributed by atoms with E-state index < -0.39 is 0 Å². The third kappa shape index (κ3) is 5.24. The predicted molar refractivity (Wildman–Crippen MR) is 84.3 cm³/mol. The highest BCUT2D eigenvalue weighted by atomic mass is 127. The molecule has 0 saturated heterocycles. The van der Waals surface area contributed by atoms with E-state index in [1.807, 2.05) is 6.07 Å². The van der Waals surface area contributed by atoms with E-state index in [9.17, 15) is 0 Å². The van der Waals surface area contributed by atoms with Gasteiger partial charge in [0, 0.05) is 11.0 Å². The van der Waals surface area contributed by atoms with E-state index in [-0.39, 0.29) is 5.60 Å². The molecule has 1 rings (SSSR count). The van der Waals surface area contributed by atoms with Gasteiger partial charge in [-0.3, -0.25) is 0 Å². The van der Waals surface area contributed by atoms with Gasteiger partial charge in [-0.05, 0) is 18.4 Å². The van der Waals surface area contributed by atoms with Crippen molar-refractivity contribution in [2.45, 2.75) is 26.4 Å². The van der Waals surface area contributed by atoms with Gasteiger partial charge < -0.3 is 9.47 Å². The Balaban J connectivity index is 2.42. The average molecular weight is 362 g/mol. The van der Waals surface area contributed by atoms with Gasteiger partial charge in [0.15, 0.2) is 0 Å². The van der Waals surface area contributed by atoms with Crippen LogP contribution in [-0.4, -0.2) is 24.2 Å². The number of rotatable bonds is 8. The fourth-order valence-corrected chi connectivity index (χ4v) is 2.30. The number of alkyl halides is 1. The molecule has 1 aromatic carbocycles. The average Bonchev–Trinajstić information content (AvgIpc) is 2.38. The maximum Gasteiger partial charge on any atom is 0.0993 e. The van der Waals surface area contributed by atoms with Crippen molar-refractivity contribution in [3.8, 4) is 0 Å². The summed E-state index contributed by atoms with van der Waals surface area (Å²) in [5.74, 6) is 0.579. The smallest absolute Gasteiger partial charge is 0.0993 e. The summed E-state index contributed by atoms with van der Waals surface area (Å²) in [6.07, 6.45) is 0. The minimum absolute atomic E-state index is 0.219. The molecule has 2 nitrogen and oxygen atoms in total. The van der Waals surface area contributed by atoms with Gasteiger partial charge in [-0.2, -0.15) is 0 Å². The Labute approximate surface area is 124 Å². The van der Waals surface area contributed by atoms with Gasteiger partial charge in [-0.15, -0.1) is 0 Å². The Morgan fingerprint density at radius 2 is 1.83 bits per heavy atom. The molecule has 0 bridgehead atoms. The van der Waals surface area contributed by atoms with Crippen molar-refractivity contribution in [1.82, 2.24) is 0 Å². The first-order valence-corrected chi connectivity index (χ1v) is 7.94. The van der Waals surface area contributed by atoms with Gasteiger partial charge in [0.25, 0.3) is 0 Å². The minimum atomic E-state index is -0.219. The standard InChI is InChI=1S/C15H23IO2/c1-13(2)11-17-9-10-18-15(3,12-16)14-7-5-4-6-8-14/h4-8,13H,9-12H2,1-3H3. The van der Waals surface area contributed by atoms with E-state index in [1.54, 1.807) is 0 Å². The van der Waals surface area contributed by atoms with Gasteiger partial charge in [0.2, 0.25) is 0 Å². The number of benzene rings is 1. The van der Waals surface area contributed by atoms with Crippen LogP contribution in [0, 0.1) is 5.92 Å². The molecule has 0 fully saturated rings. The molecule has 1 unspecified atom stereocenters. The van der Waals surface area contributed by atoms with Crippen LogP contribution in [0.1, 0.15) is 26.3 Å². The Bertz CT molecular complexity index is 327. The van der Waals surface area contributed by atoms with E-state index in [2.05, 4.69) is 67.6 Å². The number of hydrogen-bond donors (Lipinski definition) is 0. The predicted octanol–water partition coefficient (Wildman–Crippen LogP) is 4.03. The van der Waals surface area contributed by atoms with Crippen LogP contribution >= 0.6 is 22.6 Å². The van der Waals surface area contributed by atoms with E-state index in [1.165, 1.54) is 5.56 Å². The highest BCUT2D eigenvalue weighted by Gasteiger charge is 2.25. The first-order chi connectivity index (χ1) is 8.58. The molecule has 102 valence electrons. The Kier molecular flexibility index (Phi) is 7.19. The molecule has 0 radical (unpaired) electrons. The van der Waals surface area contributed by atoms with E-state index in [0.29, 0.717) is 19.1 Å². The molecule has 3 heteroatoms. The summed E-state index contributed by atoms with van der Waals surface area (Å²) in [6, 6.07) is 10.4. The van der Waals surface area contributed by atoms with Crippen molar-refractivity contribution >= 4 is 22.6 Å². The molecule has 18 heavy (non-hydrogen) atoms. The van der Waals surface area contributed by atoms with Crippen molar-refractivity contribution in [3.05, 3.63) is 35.9 Å². The molecule has 0 amide bonds. The zero-order valence-corrected chi connectivity index (χ0v) is 13.6. The largest absolute Gasteiger partial charge is 0.379 e. The van der Waals surface area contributed by atoms with Gasteiger partial charge >= 0.3 is 0 Å². The fourth-order valence-electron chi connectivity index (χ4n) is 1.63. The highest BCUT2D eigenvalue weighted by molar-refractivity contribution is 14.1. The van der Waals surface area contributed by atoms with Crippen LogP contribution < -0.4 is 0 Å². The zero-order valence-electron chi connectivity index (χ0n) is 11.5. The Morgan fingerprint density at radius 3 is 2.39 bits per heavy atom. The second-order valence-electron chi connectivity index (χ2n) is 5.05. The van der Waals surface area contributed by atoms with Gasteiger partial charge in [-0.25, -0.2) is 0 Å². The highest BCUT2D eigenvalue weighted by Crippen LogP contribution is 2.27. The van der Waals surface area contributed by atoms with Crippen LogP contribution in [0.15, 0.2) is 30.3 Å². The summed E-state index contributed by atoms with van der Waals surface area (Å²) >= 11 is 2.38. The topological polar surface area (TPSA) is 18.5 Å². The normalized spacial score (nSPS) is 14.7. The number of hydrogen-bond acceptors (Lipinski definition) is 2. The quantitative estimate of drug-likeness (QED) is 0.395. The minimum Gasteiger partial charge on any atom is -0.379 e. The van der Waals surface area contributed by atoms with Crippen LogP contribution in [0.4, 0.5) is 0 Å². The Morgan fingerprint density at radius 1 is 1.17 bits per heavy atom. The summed E-state index contributed by atoms with van der Waals surface area (Å²) in [6.45, 7) is 8.55. The van der Waals surface area contributed by atoms with E-state index in [0.717, 1.165) is 11.0 Å². The van der Waals surface area contributed by atoms with Crippen LogP contribution in [0.25, 0.3) is 0 Å². The molecule has 0 spiro atoms. The lowest BCUT2D eigenvalue weighted by molar-refractivity contribution is -0.0475. The maximum atomic E-state index is 6.01. The molecule has 0 saturated carbocycles. The first kappa shape index (κ1) is 15.9. The molecule has 1 aromatic rings. The molecule has 0 aliphatic rings. The molecular formula is C15H23IO2. The maximum absolute atomic E-state index is 6.01. The third-order valence-electron chi connectivity index (χ3n) is 2.74. The lowest BCUT2D eigenvalue weighted by atomic mass is 9.98.